The van der Waals surface area contributed by atoms with Gasteiger partial charge in [-0.1, -0.05) is 29.3 Å². The molecule has 7 heteroatoms. The lowest BCUT2D eigenvalue weighted by Gasteiger charge is -2.15. The lowest BCUT2D eigenvalue weighted by molar-refractivity contribution is -0.128. The molecule has 0 spiro atoms. The second kappa shape index (κ2) is 6.43. The molecule has 0 bridgehead atoms. The van der Waals surface area contributed by atoms with Crippen LogP contribution in [0, 0.1) is 5.92 Å². The Morgan fingerprint density at radius 1 is 1.15 bits per heavy atom. The third-order valence-corrected chi connectivity index (χ3v) is 3.94. The lowest BCUT2D eigenvalue weighted by atomic mass is 10.1. The van der Waals surface area contributed by atoms with Crippen molar-refractivity contribution in [3.63, 3.8) is 0 Å². The molecule has 0 aromatic heterocycles. The van der Waals surface area contributed by atoms with Crippen molar-refractivity contribution in [1.29, 1.82) is 0 Å². The zero-order chi connectivity index (χ0) is 14.7. The van der Waals surface area contributed by atoms with Gasteiger partial charge < -0.3 is 5.11 Å². The van der Waals surface area contributed by atoms with Crippen LogP contribution in [-0.2, 0) is 4.79 Å². The number of nitrogens with one attached hydrogen (secondary N) is 2. The van der Waals surface area contributed by atoms with Crippen molar-refractivity contribution in [3.05, 3.63) is 33.8 Å². The van der Waals surface area contributed by atoms with Crippen LogP contribution < -0.4 is 10.9 Å². The Bertz CT molecular complexity index is 516. The Morgan fingerprint density at radius 2 is 1.80 bits per heavy atom. The minimum Gasteiger partial charge on any atom is -0.392 e. The molecule has 3 N–H and O–H groups in total. The summed E-state index contributed by atoms with van der Waals surface area (Å²) in [7, 11) is 0. The average molecular weight is 317 g/mol. The summed E-state index contributed by atoms with van der Waals surface area (Å²) in [4.78, 5) is 23.7. The maximum Gasteiger partial charge on any atom is 0.272 e. The molecule has 0 radical (unpaired) electrons. The summed E-state index contributed by atoms with van der Waals surface area (Å²) < 4.78 is 0. The molecule has 1 aromatic rings. The van der Waals surface area contributed by atoms with Crippen LogP contribution in [0.1, 0.15) is 29.6 Å². The number of hydrogen-bond acceptors (Lipinski definition) is 3. The number of hydrazine groups is 1. The van der Waals surface area contributed by atoms with Crippen LogP contribution in [0.2, 0.25) is 10.0 Å². The highest BCUT2D eigenvalue weighted by molar-refractivity contribution is 6.39. The highest BCUT2D eigenvalue weighted by Crippen LogP contribution is 2.26. The van der Waals surface area contributed by atoms with E-state index < -0.39 is 23.8 Å². The van der Waals surface area contributed by atoms with Crippen molar-refractivity contribution in [1.82, 2.24) is 10.9 Å². The average Bonchev–Trinajstić information content (AvgIpc) is 2.82. The Labute approximate surface area is 126 Å². The zero-order valence-electron chi connectivity index (χ0n) is 10.5. The topological polar surface area (TPSA) is 78.4 Å². The predicted octanol–water partition coefficient (Wildman–Crippen LogP) is 1.92. The standard InChI is InChI=1S/C13H14Cl2N2O3/c14-8-4-2-5-9(15)11(8)13(20)17-16-12(19)7-3-1-6-10(7)18/h2,4-5,7,10,18H,1,3,6H2,(H,16,19)(H,17,20). The van der Waals surface area contributed by atoms with Crippen LogP contribution in [0.15, 0.2) is 18.2 Å². The van der Waals surface area contributed by atoms with Crippen LogP contribution >= 0.6 is 23.2 Å². The van der Waals surface area contributed by atoms with E-state index in [0.29, 0.717) is 12.8 Å². The molecule has 1 fully saturated rings. The van der Waals surface area contributed by atoms with E-state index in [1.54, 1.807) is 6.07 Å². The molecule has 1 aromatic carbocycles. The fraction of sp³-hybridized carbons (Fsp3) is 0.385. The first-order chi connectivity index (χ1) is 9.50. The fourth-order valence-corrected chi connectivity index (χ4v) is 2.80. The minimum absolute atomic E-state index is 0.100. The number of rotatable bonds is 2. The maximum absolute atomic E-state index is 11.9. The quantitative estimate of drug-likeness (QED) is 0.729. The summed E-state index contributed by atoms with van der Waals surface area (Å²) in [6.07, 6.45) is 1.34. The van der Waals surface area contributed by atoms with Gasteiger partial charge in [-0.3, -0.25) is 20.4 Å². The van der Waals surface area contributed by atoms with Gasteiger partial charge in [-0.25, -0.2) is 0 Å². The molecule has 2 rings (SSSR count). The van der Waals surface area contributed by atoms with E-state index in [0.717, 1.165) is 6.42 Å². The van der Waals surface area contributed by atoms with Crippen LogP contribution in [-0.4, -0.2) is 23.0 Å². The van der Waals surface area contributed by atoms with E-state index in [-0.39, 0.29) is 15.6 Å². The summed E-state index contributed by atoms with van der Waals surface area (Å²) in [5.41, 5.74) is 4.65. The van der Waals surface area contributed by atoms with Gasteiger partial charge in [0.05, 0.1) is 27.6 Å². The number of hydrogen-bond donors (Lipinski definition) is 3. The number of aliphatic hydroxyl groups excluding tert-OH is 1. The van der Waals surface area contributed by atoms with Crippen LogP contribution in [0.5, 0.6) is 0 Å². The smallest absolute Gasteiger partial charge is 0.272 e. The largest absolute Gasteiger partial charge is 0.392 e. The SMILES string of the molecule is O=C(NNC(=O)C1CCCC1O)c1c(Cl)cccc1Cl. The first-order valence-corrected chi connectivity index (χ1v) is 6.98. The number of aliphatic hydroxyl groups is 1. The summed E-state index contributed by atoms with van der Waals surface area (Å²) in [6, 6.07) is 4.69. The van der Waals surface area contributed by atoms with E-state index in [2.05, 4.69) is 10.9 Å². The molecule has 0 heterocycles. The molecule has 20 heavy (non-hydrogen) atoms. The highest BCUT2D eigenvalue weighted by atomic mass is 35.5. The minimum atomic E-state index is -0.657. The van der Waals surface area contributed by atoms with Gasteiger partial charge in [0.2, 0.25) is 5.91 Å². The van der Waals surface area contributed by atoms with E-state index in [1.165, 1.54) is 12.1 Å². The number of halogens is 2. The van der Waals surface area contributed by atoms with E-state index in [9.17, 15) is 14.7 Å². The predicted molar refractivity (Wildman–Crippen MR) is 75.4 cm³/mol. The summed E-state index contributed by atoms with van der Waals surface area (Å²) >= 11 is 11.8. The normalized spacial score (nSPS) is 21.6. The third kappa shape index (κ3) is 3.23. The molecule has 2 atom stereocenters. The lowest BCUT2D eigenvalue weighted by Crippen LogP contribution is -2.46. The maximum atomic E-state index is 11.9. The van der Waals surface area contributed by atoms with Gasteiger partial charge in [-0.05, 0) is 31.4 Å². The van der Waals surface area contributed by atoms with Gasteiger partial charge >= 0.3 is 0 Å². The zero-order valence-corrected chi connectivity index (χ0v) is 12.0. The van der Waals surface area contributed by atoms with Crippen LogP contribution in [0.4, 0.5) is 0 Å². The van der Waals surface area contributed by atoms with Gasteiger partial charge in [0.15, 0.2) is 0 Å². The summed E-state index contributed by atoms with van der Waals surface area (Å²) in [5.74, 6) is -1.50. The molecule has 108 valence electrons. The Balaban J connectivity index is 1.97. The van der Waals surface area contributed by atoms with Crippen molar-refractivity contribution in [3.8, 4) is 0 Å². The Hall–Kier alpha value is -1.30. The summed E-state index contributed by atoms with van der Waals surface area (Å²) in [5, 5.41) is 10.0. The Kier molecular flexibility index (Phi) is 4.86. The number of carbonyl (C=O) groups excluding carboxylic acids is 2. The second-order valence-corrected chi connectivity index (χ2v) is 5.46. The van der Waals surface area contributed by atoms with Gasteiger partial charge in [0.1, 0.15) is 0 Å². The molecule has 2 unspecified atom stereocenters. The fourth-order valence-electron chi connectivity index (χ4n) is 2.23. The first kappa shape index (κ1) is 15.1. The molecule has 1 aliphatic rings. The molecule has 1 aliphatic carbocycles. The highest BCUT2D eigenvalue weighted by Gasteiger charge is 2.31. The van der Waals surface area contributed by atoms with E-state index >= 15 is 0 Å². The van der Waals surface area contributed by atoms with Crippen molar-refractivity contribution in [2.24, 2.45) is 5.92 Å². The molecule has 1 saturated carbocycles. The van der Waals surface area contributed by atoms with Crippen molar-refractivity contribution in [2.45, 2.75) is 25.4 Å². The first-order valence-electron chi connectivity index (χ1n) is 6.23. The van der Waals surface area contributed by atoms with Crippen LogP contribution in [0.25, 0.3) is 0 Å². The third-order valence-electron chi connectivity index (χ3n) is 3.31. The monoisotopic (exact) mass is 316 g/mol. The molecule has 5 nitrogen and oxygen atoms in total. The van der Waals surface area contributed by atoms with E-state index in [4.69, 9.17) is 23.2 Å². The number of carbonyl (C=O) groups is 2. The molecule has 0 saturated heterocycles. The molecular weight excluding hydrogens is 303 g/mol. The second-order valence-electron chi connectivity index (χ2n) is 4.64. The molecule has 2 amide bonds. The van der Waals surface area contributed by atoms with Gasteiger partial charge in [0, 0.05) is 0 Å². The van der Waals surface area contributed by atoms with E-state index in [1.807, 2.05) is 0 Å². The Morgan fingerprint density at radius 3 is 2.35 bits per heavy atom. The molecule has 0 aliphatic heterocycles. The van der Waals surface area contributed by atoms with Crippen molar-refractivity contribution < 1.29 is 14.7 Å². The van der Waals surface area contributed by atoms with Gasteiger partial charge in [-0.15, -0.1) is 0 Å². The molecular formula is C13H14Cl2N2O3. The summed E-state index contributed by atoms with van der Waals surface area (Å²) in [6.45, 7) is 0. The van der Waals surface area contributed by atoms with Crippen molar-refractivity contribution >= 4 is 35.0 Å². The van der Waals surface area contributed by atoms with Crippen LogP contribution in [0.3, 0.4) is 0 Å². The van der Waals surface area contributed by atoms with Gasteiger partial charge in [0.25, 0.3) is 5.91 Å². The number of benzene rings is 1. The number of amides is 2. The van der Waals surface area contributed by atoms with Crippen molar-refractivity contribution in [2.75, 3.05) is 0 Å². The van der Waals surface area contributed by atoms with Gasteiger partial charge in [-0.2, -0.15) is 0 Å².